The third-order valence-corrected chi connectivity index (χ3v) is 4.66. The molecular weight excluding hydrogens is 204 g/mol. The predicted molar refractivity (Wildman–Crippen MR) is 71.7 cm³/mol. The van der Waals surface area contributed by atoms with Gasteiger partial charge in [-0.05, 0) is 47.4 Å². The lowest BCUT2D eigenvalue weighted by Gasteiger charge is -2.21. The Kier molecular flexibility index (Phi) is 2.05. The van der Waals surface area contributed by atoms with Gasteiger partial charge in [-0.1, -0.05) is 48.9 Å². The summed E-state index contributed by atoms with van der Waals surface area (Å²) in [6, 6.07) is 15.7. The van der Waals surface area contributed by atoms with Crippen molar-refractivity contribution in [3.63, 3.8) is 0 Å². The summed E-state index contributed by atoms with van der Waals surface area (Å²) in [5, 5.41) is 2.75. The van der Waals surface area contributed by atoms with Crippen molar-refractivity contribution in [2.75, 3.05) is 0 Å². The fourth-order valence-electron chi connectivity index (χ4n) is 3.80. The van der Waals surface area contributed by atoms with Crippen LogP contribution in [0.2, 0.25) is 0 Å². The third kappa shape index (κ3) is 1.50. The highest BCUT2D eigenvalue weighted by atomic mass is 14.4. The number of rotatable bonds is 1. The summed E-state index contributed by atoms with van der Waals surface area (Å²) in [5.41, 5.74) is 1.51. The number of fused-ring (bicyclic) bond motifs is 3. The van der Waals surface area contributed by atoms with Crippen LogP contribution in [0.4, 0.5) is 0 Å². The van der Waals surface area contributed by atoms with E-state index in [4.69, 9.17) is 0 Å². The molecule has 0 N–H and O–H groups in total. The molecule has 2 atom stereocenters. The Labute approximate surface area is 103 Å². The first-order valence-electron chi connectivity index (χ1n) is 6.75. The molecule has 0 heteroatoms. The molecule has 2 saturated carbocycles. The molecule has 0 amide bonds. The van der Waals surface area contributed by atoms with E-state index in [1.807, 2.05) is 0 Å². The first-order valence-corrected chi connectivity index (χ1v) is 6.75. The monoisotopic (exact) mass is 221 g/mol. The van der Waals surface area contributed by atoms with E-state index in [1.165, 1.54) is 42.0 Å². The number of benzene rings is 2. The molecule has 1 radical (unpaired) electrons. The van der Waals surface area contributed by atoms with Gasteiger partial charge in [-0.3, -0.25) is 0 Å². The van der Waals surface area contributed by atoms with E-state index in [0.29, 0.717) is 0 Å². The van der Waals surface area contributed by atoms with E-state index >= 15 is 0 Å². The Balaban J connectivity index is 1.76. The fourth-order valence-corrected chi connectivity index (χ4v) is 3.80. The average Bonchev–Trinajstić information content (AvgIpc) is 3.00. The molecule has 0 heterocycles. The number of hydrogen-bond acceptors (Lipinski definition) is 0. The van der Waals surface area contributed by atoms with Gasteiger partial charge >= 0.3 is 0 Å². The van der Waals surface area contributed by atoms with E-state index in [1.54, 1.807) is 5.92 Å². The maximum Gasteiger partial charge on any atom is 0.00837 e. The molecule has 4 rings (SSSR count). The van der Waals surface area contributed by atoms with Gasteiger partial charge < -0.3 is 0 Å². The second kappa shape index (κ2) is 3.60. The standard InChI is InChI=1S/C17H17/c1-2-4-14-11-16(8-7-13(14)3-1)17-10-12-5-6-15(17)9-12/h1-4,7-8,11-12,15H,5-6,9-10H2. The second-order valence-electron chi connectivity index (χ2n) is 5.67. The van der Waals surface area contributed by atoms with E-state index in [0.717, 1.165) is 11.8 Å². The van der Waals surface area contributed by atoms with Crippen molar-refractivity contribution >= 4 is 10.8 Å². The van der Waals surface area contributed by atoms with Crippen LogP contribution in [0.1, 0.15) is 31.2 Å². The molecule has 0 saturated heterocycles. The fraction of sp³-hybridized carbons (Fsp3) is 0.353. The van der Waals surface area contributed by atoms with Gasteiger partial charge in [0.25, 0.3) is 0 Å². The Morgan fingerprint density at radius 3 is 2.53 bits per heavy atom. The summed E-state index contributed by atoms with van der Waals surface area (Å²) < 4.78 is 0. The van der Waals surface area contributed by atoms with Gasteiger partial charge in [0.1, 0.15) is 0 Å². The Hall–Kier alpha value is -1.30. The van der Waals surface area contributed by atoms with Crippen molar-refractivity contribution in [3.05, 3.63) is 53.9 Å². The lowest BCUT2D eigenvalue weighted by molar-refractivity contribution is 0.525. The van der Waals surface area contributed by atoms with E-state index in [9.17, 15) is 0 Å². The highest BCUT2D eigenvalue weighted by Crippen LogP contribution is 2.52. The Morgan fingerprint density at radius 2 is 1.76 bits per heavy atom. The van der Waals surface area contributed by atoms with E-state index < -0.39 is 0 Å². The summed E-state index contributed by atoms with van der Waals surface area (Å²) in [6.07, 6.45) is 5.74. The van der Waals surface area contributed by atoms with E-state index in [2.05, 4.69) is 42.5 Å². The molecule has 2 unspecified atom stereocenters. The lowest BCUT2D eigenvalue weighted by Crippen LogP contribution is -2.09. The molecule has 2 bridgehead atoms. The summed E-state index contributed by atoms with van der Waals surface area (Å²) in [5.74, 6) is 3.65. The van der Waals surface area contributed by atoms with Crippen molar-refractivity contribution in [2.45, 2.75) is 25.7 Å². The third-order valence-electron chi connectivity index (χ3n) is 4.66. The van der Waals surface area contributed by atoms with Crippen LogP contribution in [0.3, 0.4) is 0 Å². The molecule has 17 heavy (non-hydrogen) atoms. The van der Waals surface area contributed by atoms with Gasteiger partial charge in [-0.2, -0.15) is 0 Å². The molecule has 2 aromatic carbocycles. The van der Waals surface area contributed by atoms with Crippen molar-refractivity contribution in [2.24, 2.45) is 11.8 Å². The largest absolute Gasteiger partial charge is 0.0616 e. The van der Waals surface area contributed by atoms with Gasteiger partial charge in [-0.25, -0.2) is 0 Å². The van der Waals surface area contributed by atoms with Crippen LogP contribution in [0, 0.1) is 17.8 Å². The molecule has 2 aliphatic rings. The Morgan fingerprint density at radius 1 is 0.882 bits per heavy atom. The summed E-state index contributed by atoms with van der Waals surface area (Å²) >= 11 is 0. The van der Waals surface area contributed by atoms with Crippen molar-refractivity contribution < 1.29 is 0 Å². The zero-order chi connectivity index (χ0) is 11.2. The van der Waals surface area contributed by atoms with Crippen LogP contribution in [0.15, 0.2) is 42.5 Å². The van der Waals surface area contributed by atoms with Crippen LogP contribution in [-0.4, -0.2) is 0 Å². The highest BCUT2D eigenvalue weighted by Gasteiger charge is 2.40. The number of hydrogen-bond donors (Lipinski definition) is 0. The van der Waals surface area contributed by atoms with Gasteiger partial charge in [0.2, 0.25) is 0 Å². The van der Waals surface area contributed by atoms with Crippen LogP contribution >= 0.6 is 0 Å². The molecule has 0 aromatic heterocycles. The SMILES string of the molecule is c1ccc2cc([C]3CC4CCC3C4)ccc2c1. The topological polar surface area (TPSA) is 0 Å². The van der Waals surface area contributed by atoms with Crippen LogP contribution in [0.25, 0.3) is 10.8 Å². The molecule has 2 aromatic rings. The maximum absolute atomic E-state index is 2.39. The van der Waals surface area contributed by atoms with E-state index in [-0.39, 0.29) is 0 Å². The molecule has 2 fully saturated rings. The zero-order valence-electron chi connectivity index (χ0n) is 10.0. The molecular formula is C17H17. The minimum atomic E-state index is 0.904. The molecule has 0 spiro atoms. The predicted octanol–water partition coefficient (Wildman–Crippen LogP) is 4.58. The zero-order valence-corrected chi connectivity index (χ0v) is 10.0. The molecule has 2 aliphatic carbocycles. The highest BCUT2D eigenvalue weighted by molar-refractivity contribution is 5.83. The lowest BCUT2D eigenvalue weighted by atomic mass is 9.83. The molecule has 0 aliphatic heterocycles. The normalized spacial score (nSPS) is 28.0. The smallest absolute Gasteiger partial charge is 0.00837 e. The summed E-state index contributed by atoms with van der Waals surface area (Å²) in [4.78, 5) is 0. The summed E-state index contributed by atoms with van der Waals surface area (Å²) in [7, 11) is 0. The average molecular weight is 221 g/mol. The minimum absolute atomic E-state index is 0.904. The quantitative estimate of drug-likeness (QED) is 0.661. The molecule has 0 nitrogen and oxygen atoms in total. The van der Waals surface area contributed by atoms with Crippen LogP contribution < -0.4 is 0 Å². The van der Waals surface area contributed by atoms with Crippen molar-refractivity contribution in [1.82, 2.24) is 0 Å². The van der Waals surface area contributed by atoms with Gasteiger partial charge in [0.15, 0.2) is 0 Å². The second-order valence-corrected chi connectivity index (χ2v) is 5.67. The first-order chi connectivity index (χ1) is 8.40. The first kappa shape index (κ1) is 9.70. The van der Waals surface area contributed by atoms with Gasteiger partial charge in [0, 0.05) is 5.92 Å². The minimum Gasteiger partial charge on any atom is -0.0616 e. The van der Waals surface area contributed by atoms with Crippen molar-refractivity contribution in [3.8, 4) is 0 Å². The maximum atomic E-state index is 2.39. The molecule has 85 valence electrons. The van der Waals surface area contributed by atoms with Gasteiger partial charge in [0.05, 0.1) is 0 Å². The van der Waals surface area contributed by atoms with Gasteiger partial charge in [-0.15, -0.1) is 0 Å². The van der Waals surface area contributed by atoms with Crippen LogP contribution in [-0.2, 0) is 0 Å². The Bertz CT molecular complexity index is 555. The summed E-state index contributed by atoms with van der Waals surface area (Å²) in [6.45, 7) is 0. The van der Waals surface area contributed by atoms with Crippen LogP contribution in [0.5, 0.6) is 0 Å². The van der Waals surface area contributed by atoms with Crippen molar-refractivity contribution in [1.29, 1.82) is 0 Å².